The lowest BCUT2D eigenvalue weighted by Crippen LogP contribution is -2.04. The lowest BCUT2D eigenvalue weighted by Gasteiger charge is -2.06. The Kier molecular flexibility index (Phi) is 3.95. The Balaban J connectivity index is 2.28. The van der Waals surface area contributed by atoms with Gasteiger partial charge in [0.25, 0.3) is 0 Å². The molecule has 0 aromatic heterocycles. The summed E-state index contributed by atoms with van der Waals surface area (Å²) in [6.07, 6.45) is 0. The molecule has 0 saturated heterocycles. The van der Waals surface area contributed by atoms with Crippen LogP contribution in [0.4, 0.5) is 4.39 Å². The lowest BCUT2D eigenvalue weighted by atomic mass is 10.0. The third kappa shape index (κ3) is 2.99. The highest BCUT2D eigenvalue weighted by atomic mass is 19.1. The van der Waals surface area contributed by atoms with E-state index in [2.05, 4.69) is 0 Å². The Morgan fingerprint density at radius 2 is 1.84 bits per heavy atom. The molecule has 98 valence electrons. The number of hydrogen-bond acceptors (Lipinski definition) is 2. The number of ketones is 1. The standard InChI is InChI=1S/C16H15FO2/c1-3-19-13-7-5-12(6-8-13)16(18)14-9-4-11(2)10-15(14)17/h4-10H,3H2,1-2H3. The summed E-state index contributed by atoms with van der Waals surface area (Å²) < 4.78 is 19.0. The number of halogens is 1. The summed E-state index contributed by atoms with van der Waals surface area (Å²) in [6, 6.07) is 11.3. The normalized spacial score (nSPS) is 10.3. The van der Waals surface area contributed by atoms with E-state index in [0.29, 0.717) is 17.9 Å². The Morgan fingerprint density at radius 3 is 2.42 bits per heavy atom. The van der Waals surface area contributed by atoms with Crippen molar-refractivity contribution in [2.24, 2.45) is 0 Å². The van der Waals surface area contributed by atoms with Crippen LogP contribution in [0, 0.1) is 12.7 Å². The smallest absolute Gasteiger partial charge is 0.195 e. The van der Waals surface area contributed by atoms with E-state index in [1.807, 2.05) is 6.92 Å². The molecule has 2 nitrogen and oxygen atoms in total. The summed E-state index contributed by atoms with van der Waals surface area (Å²) in [7, 11) is 0. The second-order valence-corrected chi connectivity index (χ2v) is 4.27. The molecule has 0 radical (unpaired) electrons. The van der Waals surface area contributed by atoms with Crippen molar-refractivity contribution in [3.8, 4) is 5.75 Å². The molecule has 0 heterocycles. The molecule has 2 aromatic carbocycles. The molecule has 0 aliphatic heterocycles. The van der Waals surface area contributed by atoms with Crippen molar-refractivity contribution >= 4 is 5.78 Å². The van der Waals surface area contributed by atoms with Crippen molar-refractivity contribution < 1.29 is 13.9 Å². The van der Waals surface area contributed by atoms with Crippen LogP contribution in [-0.4, -0.2) is 12.4 Å². The largest absolute Gasteiger partial charge is 0.494 e. The van der Waals surface area contributed by atoms with Gasteiger partial charge in [-0.05, 0) is 55.8 Å². The highest BCUT2D eigenvalue weighted by Crippen LogP contribution is 2.18. The van der Waals surface area contributed by atoms with Crippen LogP contribution in [0.3, 0.4) is 0 Å². The van der Waals surface area contributed by atoms with Crippen LogP contribution in [0.1, 0.15) is 28.4 Å². The van der Waals surface area contributed by atoms with Crippen LogP contribution in [0.5, 0.6) is 5.75 Å². The minimum Gasteiger partial charge on any atom is -0.494 e. The number of ether oxygens (including phenoxy) is 1. The molecule has 0 aliphatic rings. The van der Waals surface area contributed by atoms with Crippen molar-refractivity contribution in [1.82, 2.24) is 0 Å². The first-order valence-electron chi connectivity index (χ1n) is 6.15. The minimum absolute atomic E-state index is 0.0924. The molecular formula is C16H15FO2. The SMILES string of the molecule is CCOc1ccc(C(=O)c2ccc(C)cc2F)cc1. The van der Waals surface area contributed by atoms with Crippen LogP contribution < -0.4 is 4.74 Å². The van der Waals surface area contributed by atoms with Gasteiger partial charge in [-0.1, -0.05) is 6.07 Å². The molecule has 0 saturated carbocycles. The highest BCUT2D eigenvalue weighted by Gasteiger charge is 2.13. The van der Waals surface area contributed by atoms with Crippen LogP contribution in [0.25, 0.3) is 0 Å². The van der Waals surface area contributed by atoms with Crippen LogP contribution in [0.2, 0.25) is 0 Å². The molecular weight excluding hydrogens is 243 g/mol. The van der Waals surface area contributed by atoms with E-state index in [9.17, 15) is 9.18 Å². The van der Waals surface area contributed by atoms with E-state index in [0.717, 1.165) is 5.56 Å². The van der Waals surface area contributed by atoms with Gasteiger partial charge in [-0.25, -0.2) is 4.39 Å². The summed E-state index contributed by atoms with van der Waals surface area (Å²) in [5.41, 5.74) is 1.33. The average molecular weight is 258 g/mol. The second-order valence-electron chi connectivity index (χ2n) is 4.27. The summed E-state index contributed by atoms with van der Waals surface area (Å²) in [5.74, 6) is -0.108. The van der Waals surface area contributed by atoms with Gasteiger partial charge in [-0.3, -0.25) is 4.79 Å². The molecule has 0 spiro atoms. The Labute approximate surface area is 111 Å². The number of aryl methyl sites for hydroxylation is 1. The first-order chi connectivity index (χ1) is 9.11. The van der Waals surface area contributed by atoms with Gasteiger partial charge in [-0.2, -0.15) is 0 Å². The van der Waals surface area contributed by atoms with Gasteiger partial charge in [0.2, 0.25) is 0 Å². The summed E-state index contributed by atoms with van der Waals surface area (Å²) in [5, 5.41) is 0. The van der Waals surface area contributed by atoms with Gasteiger partial charge in [0.15, 0.2) is 5.78 Å². The fourth-order valence-corrected chi connectivity index (χ4v) is 1.83. The predicted molar refractivity (Wildman–Crippen MR) is 72.2 cm³/mol. The summed E-state index contributed by atoms with van der Waals surface area (Å²) >= 11 is 0. The first-order valence-corrected chi connectivity index (χ1v) is 6.15. The van der Waals surface area contributed by atoms with E-state index in [4.69, 9.17) is 4.74 Å². The maximum Gasteiger partial charge on any atom is 0.195 e. The van der Waals surface area contributed by atoms with Crippen LogP contribution in [-0.2, 0) is 0 Å². The molecule has 3 heteroatoms. The van der Waals surface area contributed by atoms with Crippen molar-refractivity contribution in [1.29, 1.82) is 0 Å². The molecule has 19 heavy (non-hydrogen) atoms. The zero-order valence-corrected chi connectivity index (χ0v) is 10.9. The predicted octanol–water partition coefficient (Wildman–Crippen LogP) is 3.76. The lowest BCUT2D eigenvalue weighted by molar-refractivity contribution is 0.103. The van der Waals surface area contributed by atoms with Crippen molar-refractivity contribution in [3.05, 3.63) is 65.0 Å². The first kappa shape index (κ1) is 13.3. The number of benzene rings is 2. The molecule has 0 aliphatic carbocycles. The molecule has 2 rings (SSSR count). The van der Waals surface area contributed by atoms with Crippen molar-refractivity contribution in [3.63, 3.8) is 0 Å². The fourth-order valence-electron chi connectivity index (χ4n) is 1.83. The maximum absolute atomic E-state index is 13.7. The summed E-state index contributed by atoms with van der Waals surface area (Å²) in [6.45, 7) is 4.24. The Hall–Kier alpha value is -2.16. The van der Waals surface area contributed by atoms with Gasteiger partial charge in [-0.15, -0.1) is 0 Å². The minimum atomic E-state index is -0.487. The van der Waals surface area contributed by atoms with Gasteiger partial charge >= 0.3 is 0 Å². The fraction of sp³-hybridized carbons (Fsp3) is 0.188. The van der Waals surface area contributed by atoms with Crippen LogP contribution in [0.15, 0.2) is 42.5 Å². The number of carbonyl (C=O) groups excluding carboxylic acids is 1. The Morgan fingerprint density at radius 1 is 1.16 bits per heavy atom. The second kappa shape index (κ2) is 5.65. The number of carbonyl (C=O) groups is 1. The van der Waals surface area contributed by atoms with Gasteiger partial charge in [0, 0.05) is 5.56 Å². The van der Waals surface area contributed by atoms with Crippen LogP contribution >= 0.6 is 0 Å². The third-order valence-electron chi connectivity index (χ3n) is 2.80. The summed E-state index contributed by atoms with van der Waals surface area (Å²) in [4.78, 5) is 12.2. The molecule has 0 amide bonds. The molecule has 0 fully saturated rings. The van der Waals surface area contributed by atoms with E-state index >= 15 is 0 Å². The number of rotatable bonds is 4. The molecule has 0 bridgehead atoms. The molecule has 0 N–H and O–H groups in total. The van der Waals surface area contributed by atoms with Gasteiger partial charge in [0.05, 0.1) is 12.2 Å². The molecule has 0 atom stereocenters. The highest BCUT2D eigenvalue weighted by molar-refractivity contribution is 6.09. The monoisotopic (exact) mass is 258 g/mol. The molecule has 2 aromatic rings. The average Bonchev–Trinajstić information content (AvgIpc) is 2.39. The van der Waals surface area contributed by atoms with Gasteiger partial charge < -0.3 is 4.74 Å². The topological polar surface area (TPSA) is 26.3 Å². The van der Waals surface area contributed by atoms with Gasteiger partial charge in [0.1, 0.15) is 11.6 Å². The quantitative estimate of drug-likeness (QED) is 0.780. The van der Waals surface area contributed by atoms with E-state index in [1.54, 1.807) is 37.3 Å². The van der Waals surface area contributed by atoms with E-state index in [-0.39, 0.29) is 11.3 Å². The van der Waals surface area contributed by atoms with E-state index in [1.165, 1.54) is 12.1 Å². The zero-order chi connectivity index (χ0) is 13.8. The molecule has 0 unspecified atom stereocenters. The van der Waals surface area contributed by atoms with Crippen molar-refractivity contribution in [2.75, 3.05) is 6.61 Å². The Bertz CT molecular complexity index is 588. The maximum atomic E-state index is 13.7. The number of hydrogen-bond donors (Lipinski definition) is 0. The third-order valence-corrected chi connectivity index (χ3v) is 2.80. The zero-order valence-electron chi connectivity index (χ0n) is 10.9. The van der Waals surface area contributed by atoms with Crippen molar-refractivity contribution in [2.45, 2.75) is 13.8 Å². The van der Waals surface area contributed by atoms with E-state index < -0.39 is 5.82 Å².